The summed E-state index contributed by atoms with van der Waals surface area (Å²) in [6.45, 7) is 0.989. The van der Waals surface area contributed by atoms with Crippen molar-refractivity contribution in [1.29, 1.82) is 5.26 Å². The number of hydrogen-bond acceptors (Lipinski definition) is 6. The molecule has 0 unspecified atom stereocenters. The lowest BCUT2D eigenvalue weighted by Gasteiger charge is -2.17. The van der Waals surface area contributed by atoms with E-state index in [4.69, 9.17) is 19.8 Å². The molecule has 0 aliphatic carbocycles. The summed E-state index contributed by atoms with van der Waals surface area (Å²) >= 11 is 1.60. The lowest BCUT2D eigenvalue weighted by atomic mass is 10.1. The van der Waals surface area contributed by atoms with Crippen LogP contribution in [0.2, 0.25) is 0 Å². The fourth-order valence-electron chi connectivity index (χ4n) is 3.28. The molecule has 0 radical (unpaired) electrons. The summed E-state index contributed by atoms with van der Waals surface area (Å²) in [6, 6.07) is 17.4. The van der Waals surface area contributed by atoms with Crippen molar-refractivity contribution in [2.75, 3.05) is 32.2 Å². The Morgan fingerprint density at radius 1 is 1.00 bits per heavy atom. The maximum Gasteiger partial charge on any atom is 0.346 e. The number of carbonyl (C=O) groups is 1. The van der Waals surface area contributed by atoms with Gasteiger partial charge in [-0.1, -0.05) is 36.4 Å². The third kappa shape index (κ3) is 4.11. The van der Waals surface area contributed by atoms with Crippen molar-refractivity contribution in [3.63, 3.8) is 0 Å². The standard InChI is InChI=1S/C24H20N2O4S/c1-26(2)19-9-7-17(8-10-19)23-21-20(29-11-12-30-21)22(31-23)16-5-3-15(4-6-16)13-18(14-25)24(27)28/h3-10,13H,11-12H2,1-2H3,(H,27,28)/b18-13-. The molecule has 1 aromatic heterocycles. The number of nitrogens with zero attached hydrogens (tertiary/aromatic N) is 2. The fourth-order valence-corrected chi connectivity index (χ4v) is 4.48. The molecule has 0 atom stereocenters. The van der Waals surface area contributed by atoms with Gasteiger partial charge >= 0.3 is 5.97 Å². The van der Waals surface area contributed by atoms with Crippen LogP contribution in [0, 0.1) is 11.3 Å². The van der Waals surface area contributed by atoms with E-state index in [9.17, 15) is 4.79 Å². The van der Waals surface area contributed by atoms with Gasteiger partial charge in [-0.05, 0) is 34.9 Å². The molecule has 31 heavy (non-hydrogen) atoms. The minimum absolute atomic E-state index is 0.304. The fraction of sp³-hybridized carbons (Fsp3) is 0.167. The van der Waals surface area contributed by atoms with Gasteiger partial charge in [0, 0.05) is 19.8 Å². The first-order valence-electron chi connectivity index (χ1n) is 9.63. The van der Waals surface area contributed by atoms with Crippen molar-refractivity contribution >= 4 is 29.1 Å². The molecule has 6 nitrogen and oxygen atoms in total. The van der Waals surface area contributed by atoms with Crippen LogP contribution in [0.4, 0.5) is 5.69 Å². The number of thiophene rings is 1. The Kier molecular flexibility index (Phi) is 5.65. The van der Waals surface area contributed by atoms with Gasteiger partial charge in [-0.15, -0.1) is 11.3 Å². The van der Waals surface area contributed by atoms with Gasteiger partial charge in [0.1, 0.15) is 24.9 Å². The molecule has 2 heterocycles. The second-order valence-corrected chi connectivity index (χ2v) is 8.17. The molecule has 7 heteroatoms. The highest BCUT2D eigenvalue weighted by atomic mass is 32.1. The Bertz CT molecular complexity index is 1190. The van der Waals surface area contributed by atoms with Crippen LogP contribution in [0.1, 0.15) is 5.56 Å². The van der Waals surface area contributed by atoms with Gasteiger partial charge in [0.2, 0.25) is 0 Å². The number of aliphatic carboxylic acids is 1. The van der Waals surface area contributed by atoms with Crippen molar-refractivity contribution in [1.82, 2.24) is 0 Å². The molecule has 0 bridgehead atoms. The molecule has 0 fully saturated rings. The van der Waals surface area contributed by atoms with Crippen molar-refractivity contribution in [3.8, 4) is 38.4 Å². The van der Waals surface area contributed by atoms with Crippen molar-refractivity contribution in [2.24, 2.45) is 0 Å². The molecule has 0 amide bonds. The summed E-state index contributed by atoms with van der Waals surface area (Å²) < 4.78 is 11.9. The number of hydrogen-bond donors (Lipinski definition) is 1. The van der Waals surface area contributed by atoms with Gasteiger partial charge in [-0.2, -0.15) is 5.26 Å². The molecule has 1 aliphatic heterocycles. The predicted molar refractivity (Wildman–Crippen MR) is 122 cm³/mol. The number of benzene rings is 2. The molecule has 1 aliphatic rings. The second kappa shape index (κ2) is 8.54. The molecule has 0 saturated heterocycles. The lowest BCUT2D eigenvalue weighted by molar-refractivity contribution is -0.132. The molecule has 0 saturated carbocycles. The first-order chi connectivity index (χ1) is 15.0. The highest BCUT2D eigenvalue weighted by molar-refractivity contribution is 7.19. The van der Waals surface area contributed by atoms with E-state index < -0.39 is 5.97 Å². The van der Waals surface area contributed by atoms with Gasteiger partial charge < -0.3 is 19.5 Å². The van der Waals surface area contributed by atoms with Crippen LogP contribution in [-0.2, 0) is 4.79 Å². The number of carboxylic acids is 1. The summed E-state index contributed by atoms with van der Waals surface area (Å²) in [6.07, 6.45) is 1.35. The number of ether oxygens (including phenoxy) is 2. The smallest absolute Gasteiger partial charge is 0.346 e. The zero-order valence-corrected chi connectivity index (χ0v) is 17.9. The van der Waals surface area contributed by atoms with E-state index in [2.05, 4.69) is 29.2 Å². The summed E-state index contributed by atoms with van der Waals surface area (Å²) in [5, 5.41) is 18.0. The number of nitriles is 1. The van der Waals surface area contributed by atoms with Crippen molar-refractivity contribution in [3.05, 3.63) is 59.7 Å². The zero-order valence-electron chi connectivity index (χ0n) is 17.1. The van der Waals surface area contributed by atoms with Crippen LogP contribution >= 0.6 is 11.3 Å². The first-order valence-corrected chi connectivity index (χ1v) is 10.4. The van der Waals surface area contributed by atoms with Crippen LogP contribution in [0.5, 0.6) is 11.5 Å². The van der Waals surface area contributed by atoms with E-state index >= 15 is 0 Å². The summed E-state index contributed by atoms with van der Waals surface area (Å²) in [5.41, 5.74) is 3.46. The van der Waals surface area contributed by atoms with Gasteiger partial charge in [0.05, 0.1) is 9.75 Å². The molecule has 2 aromatic carbocycles. The Labute approximate surface area is 184 Å². The van der Waals surface area contributed by atoms with Crippen molar-refractivity contribution in [2.45, 2.75) is 0 Å². The first kappa shape index (κ1) is 20.5. The predicted octanol–water partition coefficient (Wildman–Crippen LogP) is 4.91. The Morgan fingerprint density at radius 2 is 1.52 bits per heavy atom. The topological polar surface area (TPSA) is 82.8 Å². The van der Waals surface area contributed by atoms with Crippen LogP contribution in [0.3, 0.4) is 0 Å². The van der Waals surface area contributed by atoms with Gasteiger partial charge in [0.25, 0.3) is 0 Å². The Hall–Kier alpha value is -3.76. The molecular formula is C24H20N2O4S. The van der Waals surface area contributed by atoms with Crippen LogP contribution in [0.25, 0.3) is 27.0 Å². The lowest BCUT2D eigenvalue weighted by Crippen LogP contribution is -2.14. The second-order valence-electron chi connectivity index (χ2n) is 7.15. The number of rotatable bonds is 5. The summed E-state index contributed by atoms with van der Waals surface area (Å²) in [4.78, 5) is 15.1. The number of carboxylic acid groups (broad SMARTS) is 1. The van der Waals surface area contributed by atoms with E-state index in [0.29, 0.717) is 18.8 Å². The normalized spacial score (nSPS) is 12.9. The largest absolute Gasteiger partial charge is 0.485 e. The minimum atomic E-state index is -1.24. The number of fused-ring (bicyclic) bond motifs is 1. The third-order valence-corrected chi connectivity index (χ3v) is 6.13. The molecule has 4 rings (SSSR count). The Morgan fingerprint density at radius 3 is 1.97 bits per heavy atom. The van der Waals surface area contributed by atoms with Crippen molar-refractivity contribution < 1.29 is 19.4 Å². The average Bonchev–Trinajstić information content (AvgIpc) is 3.17. The number of anilines is 1. The SMILES string of the molecule is CN(C)c1ccc(-c2sc(-c3ccc(/C=C(/C#N)C(=O)O)cc3)c3c2OCCO3)cc1. The van der Waals surface area contributed by atoms with Crippen LogP contribution in [0.15, 0.2) is 54.1 Å². The molecule has 156 valence electrons. The van der Waals surface area contributed by atoms with Crippen LogP contribution < -0.4 is 14.4 Å². The minimum Gasteiger partial charge on any atom is -0.485 e. The molecule has 0 spiro atoms. The monoisotopic (exact) mass is 432 g/mol. The Balaban J connectivity index is 1.73. The molecule has 1 N–H and O–H groups in total. The van der Waals surface area contributed by atoms with Gasteiger partial charge in [-0.3, -0.25) is 0 Å². The van der Waals surface area contributed by atoms with Gasteiger partial charge in [0.15, 0.2) is 11.5 Å². The van der Waals surface area contributed by atoms with E-state index in [1.54, 1.807) is 29.5 Å². The zero-order chi connectivity index (χ0) is 22.0. The summed E-state index contributed by atoms with van der Waals surface area (Å²) in [5.74, 6) is 0.245. The average molecular weight is 433 g/mol. The molecular weight excluding hydrogens is 412 g/mol. The van der Waals surface area contributed by atoms with E-state index in [0.717, 1.165) is 38.1 Å². The van der Waals surface area contributed by atoms with E-state index in [1.165, 1.54) is 6.08 Å². The van der Waals surface area contributed by atoms with E-state index in [1.807, 2.05) is 26.2 Å². The van der Waals surface area contributed by atoms with Gasteiger partial charge in [-0.25, -0.2) is 4.79 Å². The highest BCUT2D eigenvalue weighted by Crippen LogP contribution is 2.53. The maximum absolute atomic E-state index is 11.1. The quantitative estimate of drug-likeness (QED) is 0.456. The third-order valence-electron chi connectivity index (χ3n) is 4.88. The molecule has 3 aromatic rings. The highest BCUT2D eigenvalue weighted by Gasteiger charge is 2.26. The van der Waals surface area contributed by atoms with Crippen LogP contribution in [-0.4, -0.2) is 38.4 Å². The maximum atomic E-state index is 11.1. The van der Waals surface area contributed by atoms with E-state index in [-0.39, 0.29) is 5.57 Å². The summed E-state index contributed by atoms with van der Waals surface area (Å²) in [7, 11) is 4.01.